The van der Waals surface area contributed by atoms with Crippen LogP contribution >= 0.6 is 11.6 Å². The molecule has 0 radical (unpaired) electrons. The summed E-state index contributed by atoms with van der Waals surface area (Å²) in [5.41, 5.74) is 2.83. The van der Waals surface area contributed by atoms with Crippen LogP contribution in [0.3, 0.4) is 0 Å². The van der Waals surface area contributed by atoms with E-state index in [0.717, 1.165) is 29.1 Å². The lowest BCUT2D eigenvalue weighted by molar-refractivity contribution is 0.162. The van der Waals surface area contributed by atoms with Crippen LogP contribution < -0.4 is 0 Å². The largest absolute Gasteiger partial charge is 0.383 e. The smallest absolute Gasteiger partial charge is 0.160 e. The van der Waals surface area contributed by atoms with Crippen molar-refractivity contribution in [1.82, 2.24) is 14.5 Å². The van der Waals surface area contributed by atoms with Crippen molar-refractivity contribution in [3.8, 4) is 0 Å². The van der Waals surface area contributed by atoms with Crippen molar-refractivity contribution >= 4 is 22.8 Å². The van der Waals surface area contributed by atoms with Crippen LogP contribution in [0, 0.1) is 6.92 Å². The molecule has 0 spiro atoms. The molecule has 1 unspecified atom stereocenters. The Kier molecular flexibility index (Phi) is 4.19. The van der Waals surface area contributed by atoms with Gasteiger partial charge in [-0.3, -0.25) is 0 Å². The molecule has 18 heavy (non-hydrogen) atoms. The predicted molar refractivity (Wildman–Crippen MR) is 73.3 cm³/mol. The molecule has 5 heteroatoms. The van der Waals surface area contributed by atoms with E-state index >= 15 is 0 Å². The number of halogens is 1. The Morgan fingerprint density at radius 1 is 1.39 bits per heavy atom. The molecule has 0 aromatic carbocycles. The van der Waals surface area contributed by atoms with E-state index in [-0.39, 0.29) is 6.04 Å². The first kappa shape index (κ1) is 13.3. The zero-order valence-corrected chi connectivity index (χ0v) is 11.7. The number of alkyl halides is 1. The lowest BCUT2D eigenvalue weighted by Crippen LogP contribution is -2.15. The van der Waals surface area contributed by atoms with Crippen molar-refractivity contribution in [2.75, 3.05) is 19.6 Å². The van der Waals surface area contributed by atoms with Crippen LogP contribution in [-0.2, 0) is 11.2 Å². The summed E-state index contributed by atoms with van der Waals surface area (Å²) in [5, 5.41) is 0. The highest BCUT2D eigenvalue weighted by molar-refractivity contribution is 6.17. The number of aryl methyl sites for hydroxylation is 2. The molecule has 2 aromatic rings. The van der Waals surface area contributed by atoms with Gasteiger partial charge >= 0.3 is 0 Å². The Morgan fingerprint density at radius 2 is 2.17 bits per heavy atom. The lowest BCUT2D eigenvalue weighted by atomic mass is 10.3. The van der Waals surface area contributed by atoms with Gasteiger partial charge in [-0.1, -0.05) is 0 Å². The number of hydrogen-bond acceptors (Lipinski definition) is 3. The first-order chi connectivity index (χ1) is 8.67. The molecule has 1 atom stereocenters. The standard InChI is InChI=1S/C13H18ClN3O/c1-9-4-5-11-13(15-9)17(10(2)8-18-3)12(16-11)6-7-14/h4-5,10H,6-8H2,1-3H3. The molecule has 2 rings (SSSR count). The van der Waals surface area contributed by atoms with Gasteiger partial charge in [-0.25, -0.2) is 9.97 Å². The highest BCUT2D eigenvalue weighted by atomic mass is 35.5. The molecule has 98 valence electrons. The molecular weight excluding hydrogens is 250 g/mol. The number of methoxy groups -OCH3 is 1. The average Bonchev–Trinajstić information content (AvgIpc) is 2.67. The fourth-order valence-electron chi connectivity index (χ4n) is 2.16. The van der Waals surface area contributed by atoms with Gasteiger partial charge < -0.3 is 9.30 Å². The zero-order chi connectivity index (χ0) is 13.1. The second-order valence-corrected chi connectivity index (χ2v) is 4.81. The van der Waals surface area contributed by atoms with E-state index in [4.69, 9.17) is 16.3 Å². The predicted octanol–water partition coefficient (Wildman–Crippen LogP) is 2.73. The van der Waals surface area contributed by atoms with Crippen molar-refractivity contribution in [3.63, 3.8) is 0 Å². The van der Waals surface area contributed by atoms with Crippen molar-refractivity contribution in [3.05, 3.63) is 23.7 Å². The fourth-order valence-corrected chi connectivity index (χ4v) is 2.32. The maximum atomic E-state index is 5.84. The van der Waals surface area contributed by atoms with Crippen molar-refractivity contribution in [2.24, 2.45) is 0 Å². The normalized spacial score (nSPS) is 13.1. The molecule has 0 saturated heterocycles. The number of fused-ring (bicyclic) bond motifs is 1. The van der Waals surface area contributed by atoms with E-state index in [2.05, 4.69) is 21.5 Å². The Bertz CT molecular complexity index is 538. The molecule has 0 aliphatic rings. The summed E-state index contributed by atoms with van der Waals surface area (Å²) in [5.74, 6) is 1.53. The Hall–Kier alpha value is -1.13. The third-order valence-corrected chi connectivity index (χ3v) is 3.11. The number of hydrogen-bond donors (Lipinski definition) is 0. The van der Waals surface area contributed by atoms with Gasteiger partial charge in [0.2, 0.25) is 0 Å². The number of aromatic nitrogens is 3. The maximum Gasteiger partial charge on any atom is 0.160 e. The van der Waals surface area contributed by atoms with Gasteiger partial charge in [-0.2, -0.15) is 0 Å². The van der Waals surface area contributed by atoms with Gasteiger partial charge in [0, 0.05) is 25.1 Å². The Morgan fingerprint density at radius 3 is 2.83 bits per heavy atom. The molecule has 0 saturated carbocycles. The molecule has 0 N–H and O–H groups in total. The van der Waals surface area contributed by atoms with Crippen molar-refractivity contribution < 1.29 is 4.74 Å². The van der Waals surface area contributed by atoms with Crippen LogP contribution in [0.4, 0.5) is 0 Å². The third kappa shape index (κ3) is 2.49. The summed E-state index contributed by atoms with van der Waals surface area (Å²) < 4.78 is 7.36. The minimum absolute atomic E-state index is 0.201. The maximum absolute atomic E-state index is 5.84. The first-order valence-corrected chi connectivity index (χ1v) is 6.60. The minimum Gasteiger partial charge on any atom is -0.383 e. The van der Waals surface area contributed by atoms with Gasteiger partial charge in [-0.15, -0.1) is 11.6 Å². The van der Waals surface area contributed by atoms with Gasteiger partial charge in [0.25, 0.3) is 0 Å². The van der Waals surface area contributed by atoms with Gasteiger partial charge in [0.15, 0.2) is 5.65 Å². The number of nitrogens with zero attached hydrogens (tertiary/aromatic N) is 3. The summed E-state index contributed by atoms with van der Waals surface area (Å²) in [6, 6.07) is 4.18. The quantitative estimate of drug-likeness (QED) is 0.782. The summed E-state index contributed by atoms with van der Waals surface area (Å²) in [4.78, 5) is 9.19. The minimum atomic E-state index is 0.201. The van der Waals surface area contributed by atoms with Crippen LogP contribution in [0.1, 0.15) is 24.5 Å². The van der Waals surface area contributed by atoms with Gasteiger partial charge in [0.05, 0.1) is 12.6 Å². The van der Waals surface area contributed by atoms with Crippen LogP contribution in [0.25, 0.3) is 11.2 Å². The third-order valence-electron chi connectivity index (χ3n) is 2.92. The van der Waals surface area contributed by atoms with E-state index in [0.29, 0.717) is 12.5 Å². The van der Waals surface area contributed by atoms with Crippen LogP contribution in [0.2, 0.25) is 0 Å². The van der Waals surface area contributed by atoms with Crippen LogP contribution in [-0.4, -0.2) is 34.1 Å². The van der Waals surface area contributed by atoms with Gasteiger partial charge in [-0.05, 0) is 26.0 Å². The Labute approximate surface area is 112 Å². The lowest BCUT2D eigenvalue weighted by Gasteiger charge is -2.15. The summed E-state index contributed by atoms with van der Waals surface area (Å²) in [7, 11) is 1.70. The first-order valence-electron chi connectivity index (χ1n) is 6.06. The molecule has 0 bridgehead atoms. The van der Waals surface area contributed by atoms with E-state index < -0.39 is 0 Å². The summed E-state index contributed by atoms with van der Waals surface area (Å²) >= 11 is 5.84. The molecule has 4 nitrogen and oxygen atoms in total. The number of imidazole rings is 1. The molecule has 0 aliphatic carbocycles. The SMILES string of the molecule is COCC(C)n1c(CCCl)nc2ccc(C)nc21. The molecular formula is C13H18ClN3O. The summed E-state index contributed by atoms with van der Waals surface area (Å²) in [6.07, 6.45) is 0.741. The number of rotatable bonds is 5. The number of ether oxygens (including phenoxy) is 1. The molecule has 0 amide bonds. The van der Waals surface area contributed by atoms with Crippen LogP contribution in [0.15, 0.2) is 12.1 Å². The fraction of sp³-hybridized carbons (Fsp3) is 0.538. The van der Waals surface area contributed by atoms with Gasteiger partial charge in [0.1, 0.15) is 11.3 Å². The molecule has 0 aliphatic heterocycles. The number of pyridine rings is 1. The van der Waals surface area contributed by atoms with Crippen LogP contribution in [0.5, 0.6) is 0 Å². The average molecular weight is 268 g/mol. The topological polar surface area (TPSA) is 39.9 Å². The van der Waals surface area contributed by atoms with E-state index in [9.17, 15) is 0 Å². The highest BCUT2D eigenvalue weighted by Gasteiger charge is 2.16. The summed E-state index contributed by atoms with van der Waals surface area (Å²) in [6.45, 7) is 4.72. The van der Waals surface area contributed by atoms with Crippen molar-refractivity contribution in [2.45, 2.75) is 26.3 Å². The molecule has 2 heterocycles. The van der Waals surface area contributed by atoms with Crippen molar-refractivity contribution in [1.29, 1.82) is 0 Å². The van der Waals surface area contributed by atoms with E-state index in [1.807, 2.05) is 19.1 Å². The van der Waals surface area contributed by atoms with E-state index in [1.165, 1.54) is 0 Å². The molecule has 2 aromatic heterocycles. The zero-order valence-electron chi connectivity index (χ0n) is 11.0. The Balaban J connectivity index is 2.56. The molecule has 0 fully saturated rings. The monoisotopic (exact) mass is 267 g/mol. The highest BCUT2D eigenvalue weighted by Crippen LogP contribution is 2.21. The second kappa shape index (κ2) is 5.67. The van der Waals surface area contributed by atoms with E-state index in [1.54, 1.807) is 7.11 Å². The second-order valence-electron chi connectivity index (χ2n) is 4.44.